The van der Waals surface area contributed by atoms with Crippen molar-refractivity contribution >= 4 is 17.7 Å². The zero-order chi connectivity index (χ0) is 14.1. The first-order valence-corrected chi connectivity index (χ1v) is 7.27. The van der Waals surface area contributed by atoms with Gasteiger partial charge in [-0.15, -0.1) is 11.8 Å². The lowest BCUT2D eigenvalue weighted by Crippen LogP contribution is -1.97. The molecule has 0 aliphatic heterocycles. The van der Waals surface area contributed by atoms with E-state index in [0.717, 1.165) is 6.42 Å². The van der Waals surface area contributed by atoms with Crippen molar-refractivity contribution in [2.24, 2.45) is 0 Å². The van der Waals surface area contributed by atoms with E-state index in [0.29, 0.717) is 16.1 Å². The first-order chi connectivity index (χ1) is 9.65. The van der Waals surface area contributed by atoms with Gasteiger partial charge in [-0.1, -0.05) is 30.3 Å². The van der Waals surface area contributed by atoms with Crippen molar-refractivity contribution in [2.75, 3.05) is 0 Å². The van der Waals surface area contributed by atoms with Crippen molar-refractivity contribution in [1.82, 2.24) is 0 Å². The Bertz CT molecular complexity index is 642. The molecule has 2 aromatic carbocycles. The zero-order valence-electron chi connectivity index (χ0n) is 10.6. The van der Waals surface area contributed by atoms with Crippen molar-refractivity contribution in [3.05, 3.63) is 65.5 Å². The molecule has 3 rings (SSSR count). The summed E-state index contributed by atoms with van der Waals surface area (Å²) in [4.78, 5) is 11.3. The third-order valence-electron chi connectivity index (χ3n) is 3.42. The van der Waals surface area contributed by atoms with Gasteiger partial charge in [-0.2, -0.15) is 0 Å². The van der Waals surface area contributed by atoms with Crippen LogP contribution in [0.4, 0.5) is 4.39 Å². The number of hydrogen-bond acceptors (Lipinski definition) is 2. The van der Waals surface area contributed by atoms with E-state index >= 15 is 0 Å². The van der Waals surface area contributed by atoms with Gasteiger partial charge in [-0.25, -0.2) is 9.18 Å². The Morgan fingerprint density at radius 1 is 1.20 bits per heavy atom. The largest absolute Gasteiger partial charge is 0.478 e. The molecule has 0 spiro atoms. The molecule has 1 fully saturated rings. The SMILES string of the molecule is O=C(O)c1ccc(F)c(SC2CC2c2ccccc2)c1. The summed E-state index contributed by atoms with van der Waals surface area (Å²) in [5.74, 6) is -0.935. The van der Waals surface area contributed by atoms with Gasteiger partial charge in [0, 0.05) is 10.1 Å². The molecule has 1 aliphatic rings. The van der Waals surface area contributed by atoms with Crippen LogP contribution in [0.15, 0.2) is 53.4 Å². The molecule has 2 nitrogen and oxygen atoms in total. The lowest BCUT2D eigenvalue weighted by Gasteiger charge is -2.04. The molecule has 4 heteroatoms. The number of halogens is 1. The monoisotopic (exact) mass is 288 g/mol. The minimum atomic E-state index is -1.03. The molecular formula is C16H13FO2S. The second-order valence-electron chi connectivity index (χ2n) is 4.86. The molecule has 0 aromatic heterocycles. The van der Waals surface area contributed by atoms with Crippen molar-refractivity contribution in [3.63, 3.8) is 0 Å². The van der Waals surface area contributed by atoms with Gasteiger partial charge in [0.15, 0.2) is 0 Å². The van der Waals surface area contributed by atoms with Crippen LogP contribution in [-0.4, -0.2) is 16.3 Å². The van der Waals surface area contributed by atoms with Crippen LogP contribution in [-0.2, 0) is 0 Å². The van der Waals surface area contributed by atoms with Crippen molar-refractivity contribution in [1.29, 1.82) is 0 Å². The second kappa shape index (κ2) is 5.29. The minimum absolute atomic E-state index is 0.130. The van der Waals surface area contributed by atoms with Crippen LogP contribution < -0.4 is 0 Å². The van der Waals surface area contributed by atoms with E-state index in [9.17, 15) is 9.18 Å². The summed E-state index contributed by atoms with van der Waals surface area (Å²) >= 11 is 1.43. The number of thioether (sulfide) groups is 1. The molecule has 0 radical (unpaired) electrons. The Morgan fingerprint density at radius 2 is 1.95 bits per heavy atom. The summed E-state index contributed by atoms with van der Waals surface area (Å²) in [5, 5.41) is 9.28. The number of carbonyl (C=O) groups is 1. The molecule has 1 saturated carbocycles. The van der Waals surface area contributed by atoms with E-state index in [1.54, 1.807) is 0 Å². The molecule has 0 heterocycles. The van der Waals surface area contributed by atoms with Gasteiger partial charge in [-0.3, -0.25) is 0 Å². The fourth-order valence-electron chi connectivity index (χ4n) is 2.24. The highest BCUT2D eigenvalue weighted by Crippen LogP contribution is 2.52. The van der Waals surface area contributed by atoms with Crippen LogP contribution in [0.25, 0.3) is 0 Å². The van der Waals surface area contributed by atoms with Gasteiger partial charge in [0.1, 0.15) is 5.82 Å². The molecule has 2 unspecified atom stereocenters. The molecular weight excluding hydrogens is 275 g/mol. The van der Waals surface area contributed by atoms with Crippen LogP contribution >= 0.6 is 11.8 Å². The third kappa shape index (κ3) is 2.70. The highest BCUT2D eigenvalue weighted by molar-refractivity contribution is 8.00. The molecule has 102 valence electrons. The quantitative estimate of drug-likeness (QED) is 0.917. The Hall–Kier alpha value is -1.81. The molecule has 2 aromatic rings. The van der Waals surface area contributed by atoms with Gasteiger partial charge in [0.05, 0.1) is 5.56 Å². The molecule has 0 bridgehead atoms. The average Bonchev–Trinajstić information content (AvgIpc) is 3.21. The maximum atomic E-state index is 13.7. The maximum Gasteiger partial charge on any atom is 0.335 e. The van der Waals surface area contributed by atoms with Gasteiger partial charge in [0.2, 0.25) is 0 Å². The van der Waals surface area contributed by atoms with E-state index in [2.05, 4.69) is 12.1 Å². The smallest absolute Gasteiger partial charge is 0.335 e. The summed E-state index contributed by atoms with van der Waals surface area (Å²) in [5.41, 5.74) is 1.39. The summed E-state index contributed by atoms with van der Waals surface area (Å²) < 4.78 is 13.7. The lowest BCUT2D eigenvalue weighted by atomic mass is 10.1. The Morgan fingerprint density at radius 3 is 2.65 bits per heavy atom. The van der Waals surface area contributed by atoms with Crippen molar-refractivity contribution < 1.29 is 14.3 Å². The first kappa shape index (κ1) is 13.2. The highest BCUT2D eigenvalue weighted by atomic mass is 32.2. The van der Waals surface area contributed by atoms with E-state index in [1.807, 2.05) is 18.2 Å². The lowest BCUT2D eigenvalue weighted by molar-refractivity contribution is 0.0696. The standard InChI is InChI=1S/C16H13FO2S/c17-13-7-6-11(16(18)19)8-15(13)20-14-9-12(14)10-4-2-1-3-5-10/h1-8,12,14H,9H2,(H,18,19). The molecule has 2 atom stereocenters. The van der Waals surface area contributed by atoms with E-state index in [1.165, 1.54) is 35.5 Å². The number of aromatic carboxylic acids is 1. The van der Waals surface area contributed by atoms with Gasteiger partial charge in [0.25, 0.3) is 0 Å². The number of carboxylic acid groups (broad SMARTS) is 1. The van der Waals surface area contributed by atoms with Crippen molar-refractivity contribution in [2.45, 2.75) is 22.5 Å². The van der Waals surface area contributed by atoms with E-state index in [4.69, 9.17) is 5.11 Å². The summed E-state index contributed by atoms with van der Waals surface area (Å²) in [6.45, 7) is 0. The second-order valence-corrected chi connectivity index (χ2v) is 6.14. The van der Waals surface area contributed by atoms with Crippen LogP contribution in [0.2, 0.25) is 0 Å². The summed E-state index contributed by atoms with van der Waals surface area (Å²) in [6, 6.07) is 14.1. The predicted molar refractivity (Wildman–Crippen MR) is 76.8 cm³/mol. The van der Waals surface area contributed by atoms with Gasteiger partial charge >= 0.3 is 5.97 Å². The number of rotatable bonds is 4. The summed E-state index contributed by atoms with van der Waals surface area (Å²) in [6.07, 6.45) is 1.01. The fourth-order valence-corrected chi connectivity index (χ4v) is 3.57. The Balaban J connectivity index is 1.74. The van der Waals surface area contributed by atoms with Crippen LogP contribution in [0, 0.1) is 5.82 Å². The van der Waals surface area contributed by atoms with Crippen LogP contribution in [0.5, 0.6) is 0 Å². The fraction of sp³-hybridized carbons (Fsp3) is 0.188. The predicted octanol–water partition coefficient (Wildman–Crippen LogP) is 4.17. The zero-order valence-corrected chi connectivity index (χ0v) is 11.4. The molecule has 1 N–H and O–H groups in total. The average molecular weight is 288 g/mol. The van der Waals surface area contributed by atoms with E-state index in [-0.39, 0.29) is 11.4 Å². The first-order valence-electron chi connectivity index (χ1n) is 6.39. The van der Waals surface area contributed by atoms with Crippen molar-refractivity contribution in [3.8, 4) is 0 Å². The van der Waals surface area contributed by atoms with Crippen LogP contribution in [0.3, 0.4) is 0 Å². The molecule has 0 amide bonds. The number of carboxylic acids is 1. The normalized spacial score (nSPS) is 20.6. The Labute approximate surface area is 120 Å². The number of benzene rings is 2. The van der Waals surface area contributed by atoms with Gasteiger partial charge in [-0.05, 0) is 36.1 Å². The summed E-state index contributed by atoms with van der Waals surface area (Å²) in [7, 11) is 0. The molecule has 20 heavy (non-hydrogen) atoms. The molecule has 1 aliphatic carbocycles. The Kier molecular flexibility index (Phi) is 3.49. The highest BCUT2D eigenvalue weighted by Gasteiger charge is 2.39. The third-order valence-corrected chi connectivity index (χ3v) is 4.81. The van der Waals surface area contributed by atoms with Crippen LogP contribution in [0.1, 0.15) is 28.3 Å². The van der Waals surface area contributed by atoms with Gasteiger partial charge < -0.3 is 5.11 Å². The topological polar surface area (TPSA) is 37.3 Å². The number of hydrogen-bond donors (Lipinski definition) is 1. The maximum absolute atomic E-state index is 13.7. The molecule has 0 saturated heterocycles. The minimum Gasteiger partial charge on any atom is -0.478 e. The van der Waals surface area contributed by atoms with E-state index < -0.39 is 5.97 Å².